The van der Waals surface area contributed by atoms with Crippen molar-refractivity contribution in [2.45, 2.75) is 131 Å². The second-order valence-electron chi connectivity index (χ2n) is 26.4. The van der Waals surface area contributed by atoms with Crippen LogP contribution >= 0.6 is 0 Å². The van der Waals surface area contributed by atoms with Crippen LogP contribution in [-0.2, 0) is 59.1 Å². The lowest BCUT2D eigenvalue weighted by molar-refractivity contribution is -0.155. The number of aromatic nitrogens is 1. The van der Waals surface area contributed by atoms with Crippen LogP contribution in [0.2, 0.25) is 0 Å². The first-order valence-electron chi connectivity index (χ1n) is 33.1. The van der Waals surface area contributed by atoms with Gasteiger partial charge in [0.1, 0.15) is 40.8 Å². The van der Waals surface area contributed by atoms with E-state index in [-0.39, 0.29) is 136 Å². The average Bonchev–Trinajstić information content (AvgIpc) is 1.38. The van der Waals surface area contributed by atoms with Crippen LogP contribution in [0.15, 0.2) is 98.7 Å². The van der Waals surface area contributed by atoms with Crippen molar-refractivity contribution < 1.29 is 76.7 Å². The second-order valence-corrected chi connectivity index (χ2v) is 26.4. The number of methoxy groups -OCH3 is 1. The highest BCUT2D eigenvalue weighted by atomic mass is 16.7. The Labute approximate surface area is 565 Å². The second kappa shape index (κ2) is 29.7. The largest absolute Gasteiger partial charge is 0.507 e. The van der Waals surface area contributed by atoms with Gasteiger partial charge in [-0.25, -0.2) is 9.78 Å². The maximum atomic E-state index is 15.1. The summed E-state index contributed by atoms with van der Waals surface area (Å²) in [5.41, 5.74) is -2.23. The first kappa shape index (κ1) is 70.7. The summed E-state index contributed by atoms with van der Waals surface area (Å²) >= 11 is 0. The number of hydrogen-bond acceptors (Lipinski definition) is 20. The van der Waals surface area contributed by atoms with Gasteiger partial charge in [-0.05, 0) is 100 Å². The normalized spacial score (nSPS) is 23.9. The molecule has 7 amide bonds. The molecule has 1 saturated carbocycles. The van der Waals surface area contributed by atoms with Crippen LogP contribution in [0.25, 0.3) is 38.7 Å². The van der Waals surface area contributed by atoms with Crippen LogP contribution in [0, 0.1) is 36.0 Å². The summed E-state index contributed by atoms with van der Waals surface area (Å²) in [7, 11) is 1.51. The van der Waals surface area contributed by atoms with Gasteiger partial charge >= 0.3 is 17.8 Å². The number of carbonyl (C=O) groups excluding carboxylic acids is 8. The summed E-state index contributed by atoms with van der Waals surface area (Å²) in [5, 5.41) is 34.6. The van der Waals surface area contributed by atoms with E-state index in [4.69, 9.17) is 33.1 Å². The number of aliphatic hydroxyl groups excluding tert-OH is 1. The van der Waals surface area contributed by atoms with E-state index in [1.807, 2.05) is 24.8 Å². The van der Waals surface area contributed by atoms with Crippen molar-refractivity contribution in [2.75, 3.05) is 68.5 Å². The standard InChI is InChI=1S/C72H84N8O18/c1-39-15-13-16-41(3)67(89)77-60-62(87)56-55(57-64(44(6)61(56)86)98-71(8,66(57)88)95-32-23-50(93-9)43(5)63(96-45(7)81)42(4)34-40(2)33-39)59-65(60)97-51-36-48(35-49(82)58(51)76-59)78-28-30-79(31-29-78)70(92)94-38-46-17-19-47(20-18-46)75-52(83)37-74-69(91)72(24-14-25-72)68(90)73-26-11-10-12-27-80-53(84)21-22-54(80)85/h13,15-23,32,35-36,39-40,42-43,50,63,86,88H,10-12,14,24-31,33-34,37-38H2,1-9H3,(H,73,90)(H,74,91)(H,75,83)(H,77,89)/b15-13+,32-23+,41-16-/t39-,40+,42+,43+,50-,63-,71-/m0/s1. The van der Waals surface area contributed by atoms with Crippen molar-refractivity contribution in [3.05, 3.63) is 121 Å². The van der Waals surface area contributed by atoms with Gasteiger partial charge in [0.05, 0.1) is 29.5 Å². The van der Waals surface area contributed by atoms with E-state index < -0.39 is 87.2 Å². The minimum Gasteiger partial charge on any atom is -0.507 e. The number of ether oxygens (including phenoxy) is 5. The number of aromatic hydroxyl groups is 1. The number of imide groups is 1. The van der Waals surface area contributed by atoms with E-state index in [0.29, 0.717) is 68.4 Å². The lowest BCUT2D eigenvalue weighted by Gasteiger charge is -2.38. The monoisotopic (exact) mass is 1350 g/mol. The van der Waals surface area contributed by atoms with Crippen molar-refractivity contribution in [1.29, 1.82) is 0 Å². The van der Waals surface area contributed by atoms with E-state index in [0.717, 1.165) is 6.42 Å². The van der Waals surface area contributed by atoms with Crippen molar-refractivity contribution in [2.24, 2.45) is 29.1 Å². The highest BCUT2D eigenvalue weighted by Crippen LogP contribution is 2.44. The Balaban J connectivity index is 0.820. The summed E-state index contributed by atoms with van der Waals surface area (Å²) < 4.78 is 36.6. The highest BCUT2D eigenvalue weighted by molar-refractivity contribution is 6.17. The number of hydrogen-bond donors (Lipinski definition) is 6. The van der Waals surface area contributed by atoms with Gasteiger partial charge < -0.3 is 69.4 Å². The molecule has 5 aromatic rings. The molecular formula is C72H84N8O18. The van der Waals surface area contributed by atoms with E-state index in [1.165, 1.54) is 62.2 Å². The number of esters is 1. The maximum absolute atomic E-state index is 15.1. The van der Waals surface area contributed by atoms with Crippen LogP contribution < -0.4 is 47.0 Å². The van der Waals surface area contributed by atoms with Crippen molar-refractivity contribution in [3.63, 3.8) is 0 Å². The molecule has 7 atom stereocenters. The fraction of sp³-hybridized carbons (Fsp3) is 0.458. The SMILES string of the molecule is CO[C@H]1/C=C/O[C@@]2(C)Oc3c(C)c(O)c4c(=O)c(c5oc6cc(N7CCN(C(=O)OCc8ccc(NC(=O)CNC(=O)C9(C(=O)NCCCCCN%10C(=O)C=CC%10=O)CCC9)cc8)CC7)cc(=O)c6nc5c4c3=C2O)NC(=O)/C(C)=C\C=C\[C@H](C)C[C@@H](C)C[C@@H](C)[C@H](OC(C)=O)[C@@H]1C. The van der Waals surface area contributed by atoms with Crippen molar-refractivity contribution in [1.82, 2.24) is 25.4 Å². The molecule has 5 heterocycles. The maximum Gasteiger partial charge on any atom is 0.410 e. The minimum absolute atomic E-state index is 0.0390. The van der Waals surface area contributed by atoms with Gasteiger partial charge in [0.25, 0.3) is 17.7 Å². The number of allylic oxidation sites excluding steroid dienone is 3. The number of rotatable bonds is 16. The fourth-order valence-electron chi connectivity index (χ4n) is 13.5. The predicted molar refractivity (Wildman–Crippen MR) is 363 cm³/mol. The molecule has 520 valence electrons. The van der Waals surface area contributed by atoms with Crippen LogP contribution in [0.5, 0.6) is 11.5 Å². The van der Waals surface area contributed by atoms with Gasteiger partial charge in [0.2, 0.25) is 28.6 Å². The molecule has 0 spiro atoms. The minimum atomic E-state index is -1.99. The lowest BCUT2D eigenvalue weighted by atomic mass is 9.67. The molecule has 2 fully saturated rings. The molecule has 26 heteroatoms. The van der Waals surface area contributed by atoms with Crippen LogP contribution in [0.4, 0.5) is 21.9 Å². The fourth-order valence-corrected chi connectivity index (χ4v) is 13.5. The highest BCUT2D eigenvalue weighted by Gasteiger charge is 2.51. The van der Waals surface area contributed by atoms with Crippen molar-refractivity contribution in [3.8, 4) is 11.5 Å². The molecule has 4 aromatic carbocycles. The number of carbonyl (C=O) groups is 8. The summed E-state index contributed by atoms with van der Waals surface area (Å²) in [6.07, 6.45) is 13.6. The zero-order chi connectivity index (χ0) is 70.5. The van der Waals surface area contributed by atoms with E-state index in [9.17, 15) is 53.4 Å². The molecule has 1 aliphatic carbocycles. The number of amides is 7. The number of fused-ring (bicyclic) bond motifs is 2. The summed E-state index contributed by atoms with van der Waals surface area (Å²) in [5.74, 6) is -6.66. The first-order valence-corrected chi connectivity index (χ1v) is 33.1. The zero-order valence-corrected chi connectivity index (χ0v) is 56.5. The van der Waals surface area contributed by atoms with E-state index in [1.54, 1.807) is 55.5 Å². The summed E-state index contributed by atoms with van der Waals surface area (Å²) in [6.45, 7) is 15.0. The number of phenolic OH excluding ortho intramolecular Hbond substituents is 1. The molecule has 26 nitrogen and oxygen atoms in total. The summed E-state index contributed by atoms with van der Waals surface area (Å²) in [6, 6.07) is 9.49. The first-order chi connectivity index (χ1) is 46.7. The van der Waals surface area contributed by atoms with Gasteiger partial charge in [-0.1, -0.05) is 64.5 Å². The van der Waals surface area contributed by atoms with Crippen LogP contribution in [0.3, 0.4) is 0 Å². The van der Waals surface area contributed by atoms with Gasteiger partial charge in [0.15, 0.2) is 22.4 Å². The zero-order valence-electron chi connectivity index (χ0n) is 56.5. The van der Waals surface area contributed by atoms with Crippen LogP contribution in [-0.4, -0.2) is 143 Å². The molecule has 1 saturated heterocycles. The number of piperazine rings is 1. The number of unbranched alkanes of at least 4 members (excludes halogenated alkanes) is 2. The predicted octanol–water partition coefficient (Wildman–Crippen LogP) is 7.51. The van der Waals surface area contributed by atoms with Gasteiger partial charge in [-0.15, -0.1) is 0 Å². The molecule has 0 radical (unpaired) electrons. The molecule has 4 aliphatic heterocycles. The Morgan fingerprint density at radius 3 is 2.22 bits per heavy atom. The topological polar surface area (TPSA) is 341 Å². The van der Waals surface area contributed by atoms with Gasteiger partial charge in [-0.3, -0.25) is 48.1 Å². The third kappa shape index (κ3) is 14.9. The average molecular weight is 1350 g/mol. The molecule has 1 aromatic heterocycles. The third-order valence-corrected chi connectivity index (χ3v) is 19.1. The molecule has 6 N–H and O–H groups in total. The number of anilines is 3. The summed E-state index contributed by atoms with van der Waals surface area (Å²) in [4.78, 5) is 142. The van der Waals surface area contributed by atoms with E-state index >= 15 is 4.79 Å². The molecule has 5 aliphatic rings. The quantitative estimate of drug-likeness (QED) is 0.0139. The Hall–Kier alpha value is -10.1. The van der Waals surface area contributed by atoms with Gasteiger partial charge in [-0.2, -0.15) is 0 Å². The third-order valence-electron chi connectivity index (χ3n) is 19.1. The number of nitrogens with one attached hydrogen (secondary N) is 4. The molecule has 10 rings (SSSR count). The molecular weight excluding hydrogens is 1260 g/mol. The van der Waals surface area contributed by atoms with Gasteiger partial charge in [0, 0.05) is 118 Å². The smallest absolute Gasteiger partial charge is 0.410 e. The molecule has 0 unspecified atom stereocenters. The Bertz CT molecular complexity index is 4300. The number of nitrogens with zero attached hydrogens (tertiary/aromatic N) is 4. The Kier molecular flexibility index (Phi) is 21.4. The molecule has 4 bridgehead atoms. The lowest BCUT2D eigenvalue weighted by Crippen LogP contribution is -2.56. The Morgan fingerprint density at radius 2 is 1.55 bits per heavy atom. The van der Waals surface area contributed by atoms with Crippen molar-refractivity contribution >= 4 is 103 Å². The number of aliphatic hydroxyl groups is 1. The number of phenols is 1. The molecule has 98 heavy (non-hydrogen) atoms. The Morgan fingerprint density at radius 1 is 0.847 bits per heavy atom. The van der Waals surface area contributed by atoms with Crippen LogP contribution in [0.1, 0.15) is 111 Å². The number of benzene rings is 4. The van der Waals surface area contributed by atoms with E-state index in [2.05, 4.69) is 35.1 Å².